The molecule has 1 rings (SSSR count). The van der Waals surface area contributed by atoms with Crippen molar-refractivity contribution < 1.29 is 4.74 Å². The van der Waals surface area contributed by atoms with Crippen molar-refractivity contribution in [2.75, 3.05) is 6.61 Å². The van der Waals surface area contributed by atoms with Crippen molar-refractivity contribution >= 4 is 15.9 Å². The maximum absolute atomic E-state index is 5.50. The summed E-state index contributed by atoms with van der Waals surface area (Å²) in [5.41, 5.74) is 1.13. The van der Waals surface area contributed by atoms with Crippen molar-refractivity contribution in [1.29, 1.82) is 0 Å². The zero-order valence-corrected chi connectivity index (χ0v) is 9.17. The summed E-state index contributed by atoms with van der Waals surface area (Å²) >= 11 is 3.35. The van der Waals surface area contributed by atoms with Crippen molar-refractivity contribution in [3.05, 3.63) is 35.1 Å². The van der Waals surface area contributed by atoms with Crippen molar-refractivity contribution in [2.24, 2.45) is 0 Å². The first-order valence-corrected chi connectivity index (χ1v) is 4.86. The molecule has 0 amide bonds. The van der Waals surface area contributed by atoms with Gasteiger partial charge in [-0.3, -0.25) is 4.98 Å². The van der Waals surface area contributed by atoms with Crippen LogP contribution in [-0.4, -0.2) is 11.6 Å². The average molecular weight is 242 g/mol. The zero-order chi connectivity index (χ0) is 9.68. The standard InChI is InChI=1S/C10H12BrNO/c1-8(2)4-6-13-10-3-5-12-7-9(10)11/h3,5,7H,1,4,6H2,2H3. The van der Waals surface area contributed by atoms with Gasteiger partial charge in [0.25, 0.3) is 0 Å². The van der Waals surface area contributed by atoms with Crippen LogP contribution in [0.1, 0.15) is 13.3 Å². The van der Waals surface area contributed by atoms with Crippen LogP contribution in [0.25, 0.3) is 0 Å². The highest BCUT2D eigenvalue weighted by Gasteiger charge is 1.98. The van der Waals surface area contributed by atoms with Crippen LogP contribution < -0.4 is 4.74 Å². The van der Waals surface area contributed by atoms with E-state index in [2.05, 4.69) is 27.5 Å². The molecule has 1 aromatic heterocycles. The van der Waals surface area contributed by atoms with Crippen LogP contribution in [0.3, 0.4) is 0 Å². The lowest BCUT2D eigenvalue weighted by atomic mass is 10.3. The Labute approximate surface area is 86.8 Å². The minimum Gasteiger partial charge on any atom is -0.492 e. The summed E-state index contributed by atoms with van der Waals surface area (Å²) in [6.07, 6.45) is 4.31. The Balaban J connectivity index is 2.45. The molecule has 70 valence electrons. The number of hydrogen-bond acceptors (Lipinski definition) is 2. The topological polar surface area (TPSA) is 22.1 Å². The van der Waals surface area contributed by atoms with E-state index >= 15 is 0 Å². The molecular formula is C10H12BrNO. The predicted molar refractivity (Wildman–Crippen MR) is 56.9 cm³/mol. The predicted octanol–water partition coefficient (Wildman–Crippen LogP) is 3.19. The van der Waals surface area contributed by atoms with Crippen molar-refractivity contribution in [1.82, 2.24) is 4.98 Å². The molecule has 0 aliphatic heterocycles. The third-order valence-corrected chi connectivity index (χ3v) is 2.12. The molecule has 0 N–H and O–H groups in total. The van der Waals surface area contributed by atoms with Gasteiger partial charge in [0.1, 0.15) is 5.75 Å². The van der Waals surface area contributed by atoms with Gasteiger partial charge in [-0.1, -0.05) is 5.57 Å². The Kier molecular flexibility index (Phi) is 3.96. The second kappa shape index (κ2) is 5.02. The highest BCUT2D eigenvalue weighted by atomic mass is 79.9. The van der Waals surface area contributed by atoms with Gasteiger partial charge in [-0.25, -0.2) is 0 Å². The molecule has 1 aromatic rings. The van der Waals surface area contributed by atoms with Gasteiger partial charge in [-0.15, -0.1) is 6.58 Å². The summed E-state index contributed by atoms with van der Waals surface area (Å²) in [4.78, 5) is 3.94. The minimum absolute atomic E-state index is 0.665. The third kappa shape index (κ3) is 3.59. The maximum atomic E-state index is 5.50. The molecule has 0 aliphatic carbocycles. The summed E-state index contributed by atoms with van der Waals surface area (Å²) in [5, 5.41) is 0. The quantitative estimate of drug-likeness (QED) is 0.756. The molecule has 0 saturated carbocycles. The van der Waals surface area contributed by atoms with Crippen LogP contribution in [0, 0.1) is 0 Å². The average Bonchev–Trinajstić information content (AvgIpc) is 2.08. The first kappa shape index (κ1) is 10.3. The number of rotatable bonds is 4. The largest absolute Gasteiger partial charge is 0.492 e. The molecule has 0 aromatic carbocycles. The Morgan fingerprint density at radius 1 is 1.69 bits per heavy atom. The molecule has 0 spiro atoms. The monoisotopic (exact) mass is 241 g/mol. The fourth-order valence-electron chi connectivity index (χ4n) is 0.815. The van der Waals surface area contributed by atoms with E-state index in [0.717, 1.165) is 22.2 Å². The van der Waals surface area contributed by atoms with Gasteiger partial charge in [-0.2, -0.15) is 0 Å². The van der Waals surface area contributed by atoms with Crippen LogP contribution in [0.5, 0.6) is 5.75 Å². The van der Waals surface area contributed by atoms with Gasteiger partial charge in [0, 0.05) is 18.8 Å². The second-order valence-corrected chi connectivity index (χ2v) is 3.72. The highest BCUT2D eigenvalue weighted by Crippen LogP contribution is 2.22. The van der Waals surface area contributed by atoms with Crippen LogP contribution >= 0.6 is 15.9 Å². The van der Waals surface area contributed by atoms with Gasteiger partial charge in [-0.05, 0) is 28.9 Å². The smallest absolute Gasteiger partial charge is 0.136 e. The summed E-state index contributed by atoms with van der Waals surface area (Å²) in [6, 6.07) is 1.84. The Morgan fingerprint density at radius 3 is 3.08 bits per heavy atom. The molecule has 0 atom stereocenters. The van der Waals surface area contributed by atoms with Gasteiger partial charge in [0.15, 0.2) is 0 Å². The maximum Gasteiger partial charge on any atom is 0.136 e. The van der Waals surface area contributed by atoms with E-state index in [4.69, 9.17) is 4.74 Å². The number of ether oxygens (including phenoxy) is 1. The molecular weight excluding hydrogens is 230 g/mol. The van der Waals surface area contributed by atoms with Gasteiger partial charge in [0.05, 0.1) is 11.1 Å². The zero-order valence-electron chi connectivity index (χ0n) is 7.59. The third-order valence-electron chi connectivity index (χ3n) is 1.52. The first-order chi connectivity index (χ1) is 6.20. The summed E-state index contributed by atoms with van der Waals surface area (Å²) in [7, 11) is 0. The normalized spacial score (nSPS) is 9.69. The van der Waals surface area contributed by atoms with E-state index < -0.39 is 0 Å². The molecule has 0 saturated heterocycles. The van der Waals surface area contributed by atoms with E-state index in [9.17, 15) is 0 Å². The molecule has 0 aliphatic rings. The first-order valence-electron chi connectivity index (χ1n) is 4.07. The lowest BCUT2D eigenvalue weighted by molar-refractivity contribution is 0.319. The Morgan fingerprint density at radius 2 is 2.46 bits per heavy atom. The summed E-state index contributed by atoms with van der Waals surface area (Å²) < 4.78 is 6.39. The molecule has 0 radical (unpaired) electrons. The van der Waals surface area contributed by atoms with Crippen molar-refractivity contribution in [3.63, 3.8) is 0 Å². The van der Waals surface area contributed by atoms with E-state index in [1.165, 1.54) is 0 Å². The molecule has 0 bridgehead atoms. The molecule has 2 nitrogen and oxygen atoms in total. The van der Waals surface area contributed by atoms with Gasteiger partial charge >= 0.3 is 0 Å². The summed E-state index contributed by atoms with van der Waals surface area (Å²) in [6.45, 7) is 6.46. The molecule has 0 unspecified atom stereocenters. The number of nitrogens with zero attached hydrogens (tertiary/aromatic N) is 1. The Hall–Kier alpha value is -0.830. The number of hydrogen-bond donors (Lipinski definition) is 0. The van der Waals surface area contributed by atoms with Crippen molar-refractivity contribution in [3.8, 4) is 5.75 Å². The molecule has 0 fully saturated rings. The van der Waals surface area contributed by atoms with Crippen LogP contribution in [0.15, 0.2) is 35.1 Å². The van der Waals surface area contributed by atoms with Crippen LogP contribution in [-0.2, 0) is 0 Å². The minimum atomic E-state index is 0.665. The van der Waals surface area contributed by atoms with Crippen LogP contribution in [0.4, 0.5) is 0 Å². The fourth-order valence-corrected chi connectivity index (χ4v) is 1.18. The lowest BCUT2D eigenvalue weighted by Crippen LogP contribution is -1.98. The van der Waals surface area contributed by atoms with E-state index in [1.54, 1.807) is 12.4 Å². The Bertz CT molecular complexity index is 299. The second-order valence-electron chi connectivity index (χ2n) is 2.86. The van der Waals surface area contributed by atoms with E-state index in [0.29, 0.717) is 6.61 Å². The number of pyridine rings is 1. The molecule has 1 heterocycles. The molecule has 13 heavy (non-hydrogen) atoms. The summed E-state index contributed by atoms with van der Waals surface area (Å²) in [5.74, 6) is 0.830. The van der Waals surface area contributed by atoms with Gasteiger partial charge in [0.2, 0.25) is 0 Å². The molecule has 3 heteroatoms. The van der Waals surface area contributed by atoms with E-state index in [-0.39, 0.29) is 0 Å². The SMILES string of the molecule is C=C(C)CCOc1ccncc1Br. The van der Waals surface area contributed by atoms with Crippen molar-refractivity contribution in [2.45, 2.75) is 13.3 Å². The van der Waals surface area contributed by atoms with Crippen LogP contribution in [0.2, 0.25) is 0 Å². The number of aromatic nitrogens is 1. The lowest BCUT2D eigenvalue weighted by Gasteiger charge is -2.06. The van der Waals surface area contributed by atoms with E-state index in [1.807, 2.05) is 13.0 Å². The number of halogens is 1. The highest BCUT2D eigenvalue weighted by molar-refractivity contribution is 9.10. The van der Waals surface area contributed by atoms with Gasteiger partial charge < -0.3 is 4.74 Å². The fraction of sp³-hybridized carbons (Fsp3) is 0.300.